The molecule has 3 N–H and O–H groups in total. The Hall–Kier alpha value is -1.94. The third kappa shape index (κ3) is 4.22. The van der Waals surface area contributed by atoms with Crippen molar-refractivity contribution in [2.45, 2.75) is 63.4 Å². The summed E-state index contributed by atoms with van der Waals surface area (Å²) < 4.78 is 11.5. The molecule has 2 fully saturated rings. The number of carbonyl (C=O) groups is 1. The molecule has 2 heterocycles. The lowest BCUT2D eigenvalue weighted by molar-refractivity contribution is 0.0523. The van der Waals surface area contributed by atoms with Crippen LogP contribution in [0, 0.1) is 11.8 Å². The molecule has 1 aromatic rings. The number of methoxy groups -OCH3 is 1. The van der Waals surface area contributed by atoms with E-state index in [0.29, 0.717) is 34.1 Å². The van der Waals surface area contributed by atoms with E-state index >= 15 is 0 Å². The predicted octanol–water partition coefficient (Wildman–Crippen LogP) is 2.69. The van der Waals surface area contributed by atoms with E-state index in [1.54, 1.807) is 26.2 Å². The van der Waals surface area contributed by atoms with E-state index in [2.05, 4.69) is 29.1 Å². The zero-order valence-electron chi connectivity index (χ0n) is 16.8. The smallest absolute Gasteiger partial charge is 0.255 e. The first-order valence-corrected chi connectivity index (χ1v) is 9.95. The maximum Gasteiger partial charge on any atom is 0.255 e. The van der Waals surface area contributed by atoms with E-state index < -0.39 is 0 Å². The quantitative estimate of drug-likeness (QED) is 0.581. The van der Waals surface area contributed by atoms with Crippen molar-refractivity contribution in [2.24, 2.45) is 0 Å². The predicted molar refractivity (Wildman–Crippen MR) is 111 cm³/mol. The molecule has 28 heavy (non-hydrogen) atoms. The number of anilines is 1. The Morgan fingerprint density at radius 1 is 1.39 bits per heavy atom. The third-order valence-electron chi connectivity index (χ3n) is 5.75. The highest BCUT2D eigenvalue weighted by molar-refractivity contribution is 6.33. The molecule has 7 heteroatoms. The molecular weight excluding hydrogens is 378 g/mol. The minimum Gasteiger partial charge on any atom is -0.477 e. The standard InChI is InChI=1S/C21H28ClN3O3/c1-5-6-12(2)28-19-11-17(23)16(22)10-15(19)21(26)24-13-7-14-9-20(27-4)18(8-13)25(14)3/h10-14,18,20H,7-9,23H2,1-4H3,(H,24,26)/t12-,13-,14?,18?,20-/m0/s1. The van der Waals surface area contributed by atoms with Gasteiger partial charge in [0.15, 0.2) is 6.10 Å². The molecule has 0 saturated carbocycles. The van der Waals surface area contributed by atoms with Crippen LogP contribution in [-0.2, 0) is 4.74 Å². The average Bonchev–Trinajstić information content (AvgIpc) is 2.82. The molecule has 0 radical (unpaired) electrons. The number of ether oxygens (including phenoxy) is 2. The van der Waals surface area contributed by atoms with Gasteiger partial charge in [0.1, 0.15) is 5.75 Å². The number of carbonyl (C=O) groups excluding carboxylic acids is 1. The monoisotopic (exact) mass is 405 g/mol. The fourth-order valence-corrected chi connectivity index (χ4v) is 4.49. The number of hydrogen-bond donors (Lipinski definition) is 2. The Morgan fingerprint density at radius 3 is 2.82 bits per heavy atom. The van der Waals surface area contributed by atoms with Crippen molar-refractivity contribution in [1.29, 1.82) is 0 Å². The van der Waals surface area contributed by atoms with Gasteiger partial charge in [-0.2, -0.15) is 0 Å². The highest BCUT2D eigenvalue weighted by atomic mass is 35.5. The number of likely N-dealkylation sites (N-methyl/N-ethyl adjacent to an activating group) is 1. The van der Waals surface area contributed by atoms with Crippen LogP contribution in [0.1, 0.15) is 43.5 Å². The normalized spacial score (nSPS) is 27.6. The summed E-state index contributed by atoms with van der Waals surface area (Å²) in [4.78, 5) is 15.4. The zero-order valence-corrected chi connectivity index (χ0v) is 17.5. The van der Waals surface area contributed by atoms with Crippen LogP contribution in [0.5, 0.6) is 5.75 Å². The highest BCUT2D eigenvalue weighted by Crippen LogP contribution is 2.36. The Morgan fingerprint density at radius 2 is 2.14 bits per heavy atom. The Balaban J connectivity index is 1.77. The van der Waals surface area contributed by atoms with E-state index in [4.69, 9.17) is 26.8 Å². The Bertz CT molecular complexity index is 804. The number of nitrogens with zero attached hydrogens (tertiary/aromatic N) is 1. The molecule has 2 aliphatic rings. The van der Waals surface area contributed by atoms with E-state index in [0.717, 1.165) is 19.3 Å². The molecule has 2 unspecified atom stereocenters. The molecule has 1 aromatic carbocycles. The molecule has 0 aromatic heterocycles. The van der Waals surface area contributed by atoms with Gasteiger partial charge in [-0.25, -0.2) is 0 Å². The number of amides is 1. The van der Waals surface area contributed by atoms with Gasteiger partial charge < -0.3 is 20.5 Å². The summed E-state index contributed by atoms with van der Waals surface area (Å²) in [6.45, 7) is 3.56. The second kappa shape index (κ2) is 8.60. The molecule has 1 amide bonds. The number of nitrogens with two attached hydrogens (primary N) is 1. The topological polar surface area (TPSA) is 76.8 Å². The van der Waals surface area contributed by atoms with Gasteiger partial charge in [0.05, 0.1) is 22.4 Å². The molecule has 2 bridgehead atoms. The summed E-state index contributed by atoms with van der Waals surface area (Å²) in [5.74, 6) is 5.90. The van der Waals surface area contributed by atoms with Crippen LogP contribution in [0.3, 0.4) is 0 Å². The summed E-state index contributed by atoms with van der Waals surface area (Å²) in [7, 11) is 3.89. The van der Waals surface area contributed by atoms with E-state index in [1.807, 2.05) is 6.92 Å². The fraction of sp³-hybridized carbons (Fsp3) is 0.571. The third-order valence-corrected chi connectivity index (χ3v) is 6.08. The average molecular weight is 406 g/mol. The van der Waals surface area contributed by atoms with Gasteiger partial charge in [-0.3, -0.25) is 9.69 Å². The van der Waals surface area contributed by atoms with Gasteiger partial charge in [0, 0.05) is 31.3 Å². The molecule has 2 aliphatic heterocycles. The number of hydrogen-bond acceptors (Lipinski definition) is 5. The fourth-order valence-electron chi connectivity index (χ4n) is 4.32. The van der Waals surface area contributed by atoms with E-state index in [1.165, 1.54) is 0 Å². The Labute approximate surface area is 171 Å². The first-order valence-electron chi connectivity index (χ1n) is 9.57. The van der Waals surface area contributed by atoms with Gasteiger partial charge >= 0.3 is 0 Å². The van der Waals surface area contributed by atoms with Crippen LogP contribution in [0.25, 0.3) is 0 Å². The van der Waals surface area contributed by atoms with Crippen LogP contribution in [0.2, 0.25) is 5.02 Å². The lowest BCUT2D eigenvalue weighted by atomic mass is 9.97. The summed E-state index contributed by atoms with van der Waals surface area (Å²) in [5.41, 5.74) is 6.65. The summed E-state index contributed by atoms with van der Waals surface area (Å²) in [5, 5.41) is 3.49. The van der Waals surface area contributed by atoms with Crippen molar-refractivity contribution in [3.05, 3.63) is 22.7 Å². The molecule has 2 saturated heterocycles. The Kier molecular flexibility index (Phi) is 6.39. The lowest BCUT2D eigenvalue weighted by Crippen LogP contribution is -2.50. The van der Waals surface area contributed by atoms with Gasteiger partial charge in [-0.15, -0.1) is 5.92 Å². The number of benzene rings is 1. The molecule has 152 valence electrons. The van der Waals surface area contributed by atoms with E-state index in [-0.39, 0.29) is 24.2 Å². The molecule has 5 atom stereocenters. The highest BCUT2D eigenvalue weighted by Gasteiger charge is 2.45. The second-order valence-electron chi connectivity index (χ2n) is 7.56. The number of piperidine rings is 1. The molecule has 0 aliphatic carbocycles. The van der Waals surface area contributed by atoms with E-state index in [9.17, 15) is 4.79 Å². The van der Waals surface area contributed by atoms with Crippen LogP contribution in [-0.4, -0.2) is 55.3 Å². The largest absolute Gasteiger partial charge is 0.477 e. The van der Waals surface area contributed by atoms with Crippen molar-refractivity contribution in [3.8, 4) is 17.6 Å². The van der Waals surface area contributed by atoms with Crippen molar-refractivity contribution >= 4 is 23.2 Å². The summed E-state index contributed by atoms with van der Waals surface area (Å²) in [6, 6.07) is 3.97. The number of nitrogens with one attached hydrogen (secondary N) is 1. The van der Waals surface area contributed by atoms with Gasteiger partial charge in [0.2, 0.25) is 0 Å². The van der Waals surface area contributed by atoms with Crippen molar-refractivity contribution in [3.63, 3.8) is 0 Å². The van der Waals surface area contributed by atoms with Gasteiger partial charge in [-0.1, -0.05) is 17.5 Å². The summed E-state index contributed by atoms with van der Waals surface area (Å²) >= 11 is 6.17. The van der Waals surface area contributed by atoms with Crippen LogP contribution in [0.4, 0.5) is 5.69 Å². The number of nitrogen functional groups attached to an aromatic ring is 1. The first-order chi connectivity index (χ1) is 13.3. The SMILES string of the molecule is CC#C[C@H](C)Oc1cc(N)c(Cl)cc1C(=O)N[C@H]1CC2C[C@H](OC)C(C1)N2C. The van der Waals surface area contributed by atoms with Gasteiger partial charge in [-0.05, 0) is 46.2 Å². The van der Waals surface area contributed by atoms with Crippen molar-refractivity contribution in [1.82, 2.24) is 10.2 Å². The van der Waals surface area contributed by atoms with Crippen LogP contribution >= 0.6 is 11.6 Å². The lowest BCUT2D eigenvalue weighted by Gasteiger charge is -2.37. The number of halogens is 1. The zero-order chi connectivity index (χ0) is 20.4. The molecule has 3 rings (SSSR count). The van der Waals surface area contributed by atoms with Crippen LogP contribution in [0.15, 0.2) is 12.1 Å². The first kappa shape index (κ1) is 20.8. The van der Waals surface area contributed by atoms with Crippen molar-refractivity contribution < 1.29 is 14.3 Å². The minimum atomic E-state index is -0.362. The molecule has 6 nitrogen and oxygen atoms in total. The maximum atomic E-state index is 13.0. The summed E-state index contributed by atoms with van der Waals surface area (Å²) in [6.07, 6.45) is 2.61. The number of fused-ring (bicyclic) bond motifs is 2. The maximum absolute atomic E-state index is 13.0. The second-order valence-corrected chi connectivity index (χ2v) is 7.97. The van der Waals surface area contributed by atoms with Crippen molar-refractivity contribution in [2.75, 3.05) is 19.9 Å². The molecular formula is C21H28ClN3O3. The van der Waals surface area contributed by atoms with Gasteiger partial charge in [0.25, 0.3) is 5.91 Å². The molecule has 0 spiro atoms. The van der Waals surface area contributed by atoms with Crippen LogP contribution < -0.4 is 15.8 Å². The number of rotatable bonds is 5. The minimum absolute atomic E-state index is 0.0795.